The minimum Gasteiger partial charge on any atom is -0.493 e. The highest BCUT2D eigenvalue weighted by Gasteiger charge is 2.29. The van der Waals surface area contributed by atoms with Crippen molar-refractivity contribution in [1.29, 1.82) is 0 Å². The van der Waals surface area contributed by atoms with Crippen LogP contribution in [0, 0.1) is 0 Å². The van der Waals surface area contributed by atoms with Crippen LogP contribution in [0.2, 0.25) is 5.02 Å². The molecule has 1 aromatic carbocycles. The summed E-state index contributed by atoms with van der Waals surface area (Å²) in [6, 6.07) is 11.1. The molecule has 0 spiro atoms. The van der Waals surface area contributed by atoms with Gasteiger partial charge in [-0.25, -0.2) is 0 Å². The van der Waals surface area contributed by atoms with Gasteiger partial charge in [0, 0.05) is 30.4 Å². The Morgan fingerprint density at radius 1 is 1.30 bits per heavy atom. The van der Waals surface area contributed by atoms with Crippen LogP contribution < -0.4 is 14.8 Å². The first kappa shape index (κ1) is 16.1. The van der Waals surface area contributed by atoms with Gasteiger partial charge in [-0.1, -0.05) is 17.7 Å². The van der Waals surface area contributed by atoms with Gasteiger partial charge < -0.3 is 19.5 Å². The number of hydrogen-bond acceptors (Lipinski definition) is 5. The highest BCUT2D eigenvalue weighted by Crippen LogP contribution is 2.34. The van der Waals surface area contributed by atoms with Gasteiger partial charge >= 0.3 is 0 Å². The normalized spacial score (nSPS) is 19.1. The number of hydrogen-bond donors (Lipinski definition) is 1. The van der Waals surface area contributed by atoms with Crippen molar-refractivity contribution in [2.75, 3.05) is 26.8 Å². The van der Waals surface area contributed by atoms with E-state index >= 15 is 0 Å². The van der Waals surface area contributed by atoms with E-state index in [0.717, 1.165) is 12.2 Å². The van der Waals surface area contributed by atoms with Crippen LogP contribution in [0.1, 0.15) is 11.8 Å². The second-order valence-corrected chi connectivity index (χ2v) is 5.64. The van der Waals surface area contributed by atoms with E-state index in [0.29, 0.717) is 29.7 Å². The van der Waals surface area contributed by atoms with Crippen LogP contribution >= 0.6 is 11.6 Å². The molecule has 23 heavy (non-hydrogen) atoms. The van der Waals surface area contributed by atoms with Crippen molar-refractivity contribution in [2.45, 2.75) is 12.2 Å². The predicted octanol–water partition coefficient (Wildman–Crippen LogP) is 2.85. The Morgan fingerprint density at radius 3 is 2.91 bits per heavy atom. The molecule has 0 saturated carbocycles. The quantitative estimate of drug-likeness (QED) is 0.911. The van der Waals surface area contributed by atoms with Gasteiger partial charge in [0.1, 0.15) is 6.10 Å². The standard InChI is InChI=1S/C17H19ClN2O3/c1-21-15-10-12(18)5-6-14(15)23-17(13-4-2-3-7-20-13)16-11-19-8-9-22-16/h2-7,10,16-17,19H,8-9,11H2,1H3/t16-,17-/m0/s1. The summed E-state index contributed by atoms with van der Waals surface area (Å²) in [5, 5.41) is 3.92. The summed E-state index contributed by atoms with van der Waals surface area (Å²) in [5.74, 6) is 1.20. The summed E-state index contributed by atoms with van der Waals surface area (Å²) in [4.78, 5) is 4.42. The lowest BCUT2D eigenvalue weighted by atomic mass is 10.1. The van der Waals surface area contributed by atoms with Gasteiger partial charge in [-0.2, -0.15) is 0 Å². The Kier molecular flexibility index (Phi) is 5.33. The third-order valence-corrected chi connectivity index (χ3v) is 3.89. The number of benzene rings is 1. The number of nitrogens with one attached hydrogen (secondary N) is 1. The van der Waals surface area contributed by atoms with E-state index in [1.54, 1.807) is 31.5 Å². The molecule has 1 fully saturated rings. The van der Waals surface area contributed by atoms with Crippen LogP contribution in [0.15, 0.2) is 42.6 Å². The largest absolute Gasteiger partial charge is 0.493 e. The summed E-state index contributed by atoms with van der Waals surface area (Å²) in [6.07, 6.45) is 1.29. The van der Waals surface area contributed by atoms with E-state index in [1.165, 1.54) is 0 Å². The molecule has 3 rings (SSSR count). The van der Waals surface area contributed by atoms with Crippen molar-refractivity contribution in [2.24, 2.45) is 0 Å². The molecule has 1 aliphatic heterocycles. The zero-order valence-electron chi connectivity index (χ0n) is 12.9. The molecule has 2 aromatic rings. The van der Waals surface area contributed by atoms with E-state index < -0.39 is 0 Å². The van der Waals surface area contributed by atoms with Crippen molar-refractivity contribution < 1.29 is 14.2 Å². The van der Waals surface area contributed by atoms with Crippen molar-refractivity contribution in [1.82, 2.24) is 10.3 Å². The highest BCUT2D eigenvalue weighted by molar-refractivity contribution is 6.30. The number of morpholine rings is 1. The minimum atomic E-state index is -0.334. The number of methoxy groups -OCH3 is 1. The van der Waals surface area contributed by atoms with Gasteiger partial charge in [0.2, 0.25) is 0 Å². The summed E-state index contributed by atoms with van der Waals surface area (Å²) < 4.78 is 17.4. The zero-order chi connectivity index (χ0) is 16.1. The third-order valence-electron chi connectivity index (χ3n) is 3.65. The van der Waals surface area contributed by atoms with E-state index in [9.17, 15) is 0 Å². The predicted molar refractivity (Wildman–Crippen MR) is 88.2 cm³/mol. The SMILES string of the molecule is COc1cc(Cl)ccc1O[C@@H](c1ccccn1)[C@@H]1CNCCO1. The van der Waals surface area contributed by atoms with Crippen LogP contribution in [0.3, 0.4) is 0 Å². The molecule has 0 amide bonds. The van der Waals surface area contributed by atoms with Crippen molar-refractivity contribution in [3.8, 4) is 11.5 Å². The molecule has 0 bridgehead atoms. The molecule has 2 heterocycles. The number of aromatic nitrogens is 1. The van der Waals surface area contributed by atoms with Crippen LogP contribution in [0.25, 0.3) is 0 Å². The maximum Gasteiger partial charge on any atom is 0.168 e. The highest BCUT2D eigenvalue weighted by atomic mass is 35.5. The van der Waals surface area contributed by atoms with E-state index in [1.807, 2.05) is 18.2 Å². The second kappa shape index (κ2) is 7.64. The van der Waals surface area contributed by atoms with Crippen LogP contribution in [-0.2, 0) is 4.74 Å². The van der Waals surface area contributed by atoms with Gasteiger partial charge in [-0.3, -0.25) is 4.98 Å². The fourth-order valence-electron chi connectivity index (χ4n) is 2.53. The summed E-state index contributed by atoms with van der Waals surface area (Å²) >= 11 is 6.02. The Balaban J connectivity index is 1.89. The Hall–Kier alpha value is -1.82. The van der Waals surface area contributed by atoms with Gasteiger partial charge in [0.25, 0.3) is 0 Å². The maximum atomic E-state index is 6.21. The van der Waals surface area contributed by atoms with Gasteiger partial charge in [0.05, 0.1) is 19.4 Å². The lowest BCUT2D eigenvalue weighted by Crippen LogP contribution is -2.43. The average molecular weight is 335 g/mol. The van der Waals surface area contributed by atoms with E-state index in [4.69, 9.17) is 25.8 Å². The number of halogens is 1. The number of rotatable bonds is 5. The summed E-state index contributed by atoms with van der Waals surface area (Å²) in [6.45, 7) is 2.20. The molecule has 1 N–H and O–H groups in total. The average Bonchev–Trinajstić information content (AvgIpc) is 2.62. The number of ether oxygens (including phenoxy) is 3. The topological polar surface area (TPSA) is 52.6 Å². The van der Waals surface area contributed by atoms with Gasteiger partial charge in [-0.05, 0) is 24.3 Å². The van der Waals surface area contributed by atoms with Crippen molar-refractivity contribution >= 4 is 11.6 Å². The maximum absolute atomic E-state index is 6.21. The van der Waals surface area contributed by atoms with E-state index in [-0.39, 0.29) is 12.2 Å². The third kappa shape index (κ3) is 3.93. The molecule has 5 nitrogen and oxygen atoms in total. The summed E-state index contributed by atoms with van der Waals surface area (Å²) in [5.41, 5.74) is 0.818. The fourth-order valence-corrected chi connectivity index (χ4v) is 2.69. The molecular weight excluding hydrogens is 316 g/mol. The lowest BCUT2D eigenvalue weighted by molar-refractivity contribution is -0.0452. The summed E-state index contributed by atoms with van der Waals surface area (Å²) in [7, 11) is 1.59. The molecule has 0 radical (unpaired) electrons. The molecule has 0 aliphatic carbocycles. The smallest absolute Gasteiger partial charge is 0.168 e. The minimum absolute atomic E-state index is 0.126. The zero-order valence-corrected chi connectivity index (χ0v) is 13.6. The lowest BCUT2D eigenvalue weighted by Gasteiger charge is -2.31. The molecule has 1 aromatic heterocycles. The van der Waals surface area contributed by atoms with E-state index in [2.05, 4.69) is 10.3 Å². The Labute approximate surface area is 140 Å². The first-order valence-electron chi connectivity index (χ1n) is 7.51. The Bertz CT molecular complexity index is 633. The fraction of sp³-hybridized carbons (Fsp3) is 0.353. The molecule has 1 saturated heterocycles. The molecule has 0 unspecified atom stereocenters. The molecule has 1 aliphatic rings. The molecule has 122 valence electrons. The molecule has 2 atom stereocenters. The van der Waals surface area contributed by atoms with Gasteiger partial charge in [-0.15, -0.1) is 0 Å². The van der Waals surface area contributed by atoms with Crippen LogP contribution in [0.4, 0.5) is 0 Å². The second-order valence-electron chi connectivity index (χ2n) is 5.20. The number of nitrogens with zero attached hydrogens (tertiary/aromatic N) is 1. The monoisotopic (exact) mass is 334 g/mol. The molecular formula is C17H19ClN2O3. The van der Waals surface area contributed by atoms with Crippen LogP contribution in [-0.4, -0.2) is 37.9 Å². The van der Waals surface area contributed by atoms with Crippen LogP contribution in [0.5, 0.6) is 11.5 Å². The first-order chi connectivity index (χ1) is 11.3. The Morgan fingerprint density at radius 2 is 2.22 bits per heavy atom. The first-order valence-corrected chi connectivity index (χ1v) is 7.89. The van der Waals surface area contributed by atoms with Gasteiger partial charge in [0.15, 0.2) is 17.6 Å². The van der Waals surface area contributed by atoms with Crippen molar-refractivity contribution in [3.63, 3.8) is 0 Å². The molecule has 6 heteroatoms. The van der Waals surface area contributed by atoms with Crippen molar-refractivity contribution in [3.05, 3.63) is 53.3 Å². The number of pyridine rings is 1.